The Bertz CT molecular complexity index is 700. The third-order valence-electron chi connectivity index (χ3n) is 4.97. The van der Waals surface area contributed by atoms with Crippen molar-refractivity contribution in [2.24, 2.45) is 18.9 Å². The van der Waals surface area contributed by atoms with Gasteiger partial charge in [-0.3, -0.25) is 4.79 Å². The number of pyridine rings is 1. The van der Waals surface area contributed by atoms with Gasteiger partial charge in [0.05, 0.1) is 6.04 Å². The summed E-state index contributed by atoms with van der Waals surface area (Å²) in [5.74, 6) is 1.75. The molecule has 3 rings (SSSR count). The van der Waals surface area contributed by atoms with Gasteiger partial charge in [-0.2, -0.15) is 0 Å². The van der Waals surface area contributed by atoms with Crippen molar-refractivity contribution in [2.45, 2.75) is 58.4 Å². The Balaban J connectivity index is 1.84. The Morgan fingerprint density at radius 1 is 1.33 bits per heavy atom. The molecule has 0 unspecified atom stereocenters. The van der Waals surface area contributed by atoms with Gasteiger partial charge in [0.1, 0.15) is 11.3 Å². The topological polar surface area (TPSA) is 59.8 Å². The van der Waals surface area contributed by atoms with Crippen molar-refractivity contribution in [3.05, 3.63) is 24.2 Å². The average molecular weight is 328 g/mol. The van der Waals surface area contributed by atoms with Gasteiger partial charge in [0.25, 0.3) is 0 Å². The van der Waals surface area contributed by atoms with Gasteiger partial charge in [-0.15, -0.1) is 0 Å². The molecular formula is C19H28N4O. The molecule has 0 spiro atoms. The van der Waals surface area contributed by atoms with Gasteiger partial charge in [0.2, 0.25) is 5.91 Å². The van der Waals surface area contributed by atoms with Crippen molar-refractivity contribution in [2.75, 3.05) is 0 Å². The molecule has 1 atom stereocenters. The van der Waals surface area contributed by atoms with Crippen LogP contribution >= 0.6 is 0 Å². The number of carbonyl (C=O) groups is 1. The SMILES string of the molecule is CC(C)C[C@H](NC(=O)C1CCCCC1)c1nc2cccnc2n1C. The summed E-state index contributed by atoms with van der Waals surface area (Å²) in [5.41, 5.74) is 1.75. The molecule has 0 aliphatic heterocycles. The second-order valence-electron chi connectivity index (χ2n) is 7.40. The molecule has 1 fully saturated rings. The Labute approximate surface area is 143 Å². The minimum atomic E-state index is -0.0568. The zero-order valence-electron chi connectivity index (χ0n) is 15.0. The van der Waals surface area contributed by atoms with Crippen molar-refractivity contribution in [1.29, 1.82) is 0 Å². The summed E-state index contributed by atoms with van der Waals surface area (Å²) in [6.07, 6.45) is 8.30. The zero-order valence-corrected chi connectivity index (χ0v) is 15.0. The number of fused-ring (bicyclic) bond motifs is 1. The second kappa shape index (κ2) is 7.32. The number of hydrogen-bond donors (Lipinski definition) is 1. The fraction of sp³-hybridized carbons (Fsp3) is 0.632. The van der Waals surface area contributed by atoms with Crippen LogP contribution in [-0.4, -0.2) is 20.4 Å². The molecule has 1 aliphatic rings. The predicted molar refractivity (Wildman–Crippen MR) is 95.4 cm³/mol. The van der Waals surface area contributed by atoms with E-state index in [1.807, 2.05) is 23.7 Å². The Hall–Kier alpha value is -1.91. The normalized spacial score (nSPS) is 17.3. The Morgan fingerprint density at radius 2 is 2.08 bits per heavy atom. The average Bonchev–Trinajstić information content (AvgIpc) is 2.92. The Morgan fingerprint density at radius 3 is 2.75 bits per heavy atom. The molecular weight excluding hydrogens is 300 g/mol. The summed E-state index contributed by atoms with van der Waals surface area (Å²) >= 11 is 0. The molecule has 2 heterocycles. The highest BCUT2D eigenvalue weighted by atomic mass is 16.1. The van der Waals surface area contributed by atoms with Gasteiger partial charge in [0, 0.05) is 19.2 Å². The summed E-state index contributed by atoms with van der Waals surface area (Å²) in [6, 6.07) is 3.82. The number of amides is 1. The van der Waals surface area contributed by atoms with Crippen LogP contribution in [0.15, 0.2) is 18.3 Å². The summed E-state index contributed by atoms with van der Waals surface area (Å²) in [5, 5.41) is 3.29. The van der Waals surface area contributed by atoms with E-state index in [1.165, 1.54) is 19.3 Å². The maximum Gasteiger partial charge on any atom is 0.223 e. The molecule has 0 saturated heterocycles. The standard InChI is InChI=1S/C19H28N4O/c1-13(2)12-16(22-19(24)14-8-5-4-6-9-14)18-21-15-10-7-11-20-17(15)23(18)3/h7,10-11,13-14,16H,4-6,8-9,12H2,1-3H3,(H,22,24)/t16-/m0/s1. The number of nitrogens with zero attached hydrogens (tertiary/aromatic N) is 3. The van der Waals surface area contributed by atoms with Crippen molar-refractivity contribution in [1.82, 2.24) is 19.9 Å². The molecule has 1 N–H and O–H groups in total. The van der Waals surface area contributed by atoms with Gasteiger partial charge >= 0.3 is 0 Å². The molecule has 24 heavy (non-hydrogen) atoms. The van der Waals surface area contributed by atoms with E-state index in [0.717, 1.165) is 36.3 Å². The molecule has 1 aliphatic carbocycles. The van der Waals surface area contributed by atoms with Gasteiger partial charge in [-0.05, 0) is 37.3 Å². The molecule has 2 aromatic heterocycles. The van der Waals surface area contributed by atoms with Crippen LogP contribution in [0.3, 0.4) is 0 Å². The monoisotopic (exact) mass is 328 g/mol. The quantitative estimate of drug-likeness (QED) is 0.909. The van der Waals surface area contributed by atoms with E-state index in [1.54, 1.807) is 6.20 Å². The van der Waals surface area contributed by atoms with Gasteiger partial charge in [-0.25, -0.2) is 9.97 Å². The first-order chi connectivity index (χ1) is 11.6. The number of nitrogens with one attached hydrogen (secondary N) is 1. The molecule has 5 nitrogen and oxygen atoms in total. The third-order valence-corrected chi connectivity index (χ3v) is 4.97. The number of hydrogen-bond acceptors (Lipinski definition) is 3. The number of carbonyl (C=O) groups excluding carboxylic acids is 1. The number of aryl methyl sites for hydroxylation is 1. The van der Waals surface area contributed by atoms with E-state index in [9.17, 15) is 4.79 Å². The van der Waals surface area contributed by atoms with Crippen LogP contribution in [0.1, 0.15) is 64.2 Å². The van der Waals surface area contributed by atoms with Crippen LogP contribution in [0, 0.1) is 11.8 Å². The van der Waals surface area contributed by atoms with E-state index in [-0.39, 0.29) is 17.9 Å². The van der Waals surface area contributed by atoms with E-state index in [2.05, 4.69) is 24.1 Å². The van der Waals surface area contributed by atoms with Gasteiger partial charge in [-0.1, -0.05) is 33.1 Å². The van der Waals surface area contributed by atoms with Crippen molar-refractivity contribution < 1.29 is 4.79 Å². The first kappa shape index (κ1) is 16.9. The third kappa shape index (κ3) is 3.60. The summed E-state index contributed by atoms with van der Waals surface area (Å²) in [6.45, 7) is 4.36. The van der Waals surface area contributed by atoms with Crippen LogP contribution in [0.25, 0.3) is 11.2 Å². The Kier molecular flexibility index (Phi) is 5.17. The lowest BCUT2D eigenvalue weighted by Crippen LogP contribution is -2.36. The lowest BCUT2D eigenvalue weighted by atomic mass is 9.88. The maximum absolute atomic E-state index is 12.7. The van der Waals surface area contributed by atoms with Gasteiger partial charge in [0.15, 0.2) is 5.65 Å². The van der Waals surface area contributed by atoms with Crippen molar-refractivity contribution in [3.8, 4) is 0 Å². The highest BCUT2D eigenvalue weighted by molar-refractivity contribution is 5.79. The molecule has 0 aromatic carbocycles. The van der Waals surface area contributed by atoms with Gasteiger partial charge < -0.3 is 9.88 Å². The van der Waals surface area contributed by atoms with Crippen LogP contribution in [0.5, 0.6) is 0 Å². The molecule has 2 aromatic rings. The molecule has 1 saturated carbocycles. The van der Waals surface area contributed by atoms with Crippen molar-refractivity contribution >= 4 is 17.1 Å². The van der Waals surface area contributed by atoms with E-state index in [4.69, 9.17) is 4.98 Å². The summed E-state index contributed by atoms with van der Waals surface area (Å²) < 4.78 is 2.02. The van der Waals surface area contributed by atoms with Crippen LogP contribution in [-0.2, 0) is 11.8 Å². The number of rotatable bonds is 5. The predicted octanol–water partition coefficient (Wildman–Crippen LogP) is 3.75. The second-order valence-corrected chi connectivity index (χ2v) is 7.40. The molecule has 130 valence electrons. The fourth-order valence-corrected chi connectivity index (χ4v) is 3.71. The molecule has 5 heteroatoms. The minimum Gasteiger partial charge on any atom is -0.346 e. The highest BCUT2D eigenvalue weighted by Gasteiger charge is 2.27. The highest BCUT2D eigenvalue weighted by Crippen LogP contribution is 2.27. The lowest BCUT2D eigenvalue weighted by Gasteiger charge is -2.25. The smallest absolute Gasteiger partial charge is 0.223 e. The van der Waals surface area contributed by atoms with Crippen molar-refractivity contribution in [3.63, 3.8) is 0 Å². The zero-order chi connectivity index (χ0) is 17.1. The largest absolute Gasteiger partial charge is 0.346 e. The first-order valence-electron chi connectivity index (χ1n) is 9.14. The van der Waals surface area contributed by atoms with E-state index >= 15 is 0 Å². The van der Waals surface area contributed by atoms with Crippen LogP contribution in [0.4, 0.5) is 0 Å². The fourth-order valence-electron chi connectivity index (χ4n) is 3.71. The lowest BCUT2D eigenvalue weighted by molar-refractivity contribution is -0.126. The summed E-state index contributed by atoms with van der Waals surface area (Å²) in [4.78, 5) is 21.9. The van der Waals surface area contributed by atoms with E-state index < -0.39 is 0 Å². The number of imidazole rings is 1. The minimum absolute atomic E-state index is 0.0568. The van der Waals surface area contributed by atoms with Crippen LogP contribution in [0.2, 0.25) is 0 Å². The molecule has 1 amide bonds. The first-order valence-corrected chi connectivity index (χ1v) is 9.14. The molecule has 0 radical (unpaired) electrons. The molecule has 0 bridgehead atoms. The van der Waals surface area contributed by atoms with Crippen LogP contribution < -0.4 is 5.32 Å². The number of aromatic nitrogens is 3. The van der Waals surface area contributed by atoms with E-state index in [0.29, 0.717) is 5.92 Å². The maximum atomic E-state index is 12.7. The summed E-state index contributed by atoms with van der Waals surface area (Å²) in [7, 11) is 1.98.